The Labute approximate surface area is 203 Å². The van der Waals surface area contributed by atoms with E-state index in [0.717, 1.165) is 50.7 Å². The van der Waals surface area contributed by atoms with Gasteiger partial charge in [0.15, 0.2) is 0 Å². The van der Waals surface area contributed by atoms with E-state index in [1.165, 1.54) is 0 Å². The summed E-state index contributed by atoms with van der Waals surface area (Å²) in [7, 11) is 0. The minimum atomic E-state index is -1.08. The van der Waals surface area contributed by atoms with Crippen LogP contribution in [-0.2, 0) is 26.4 Å². The van der Waals surface area contributed by atoms with Gasteiger partial charge < -0.3 is 30.0 Å². The van der Waals surface area contributed by atoms with Crippen LogP contribution in [0.3, 0.4) is 0 Å². The second-order valence-electron chi connectivity index (χ2n) is 7.13. The van der Waals surface area contributed by atoms with Crippen molar-refractivity contribution >= 4 is 24.4 Å². The standard InChI is InChI=1S/C20H22N2O2.2C2H4O2.Co/c23-19-10-3-1-6-15(19)13-21-17-8-5-9-18(12-17)22-14-16-7-2-4-11-20(16)24;2*1-2(3)4;/h1-4,6-7,10-11,13-14,17-18,23-24H,5,8-9,12H2;2*1H3,(H,3,4);/q;;;+2/p-2. The first kappa shape index (κ1) is 29.8. The molecule has 2 unspecified atom stereocenters. The van der Waals surface area contributed by atoms with Gasteiger partial charge in [0.2, 0.25) is 0 Å². The topological polar surface area (TPSA) is 145 Å². The molecule has 8 nitrogen and oxygen atoms in total. The number of aliphatic imine (C=N–C) groups is 2. The van der Waals surface area contributed by atoms with E-state index in [1.54, 1.807) is 36.7 Å². The molecule has 2 atom stereocenters. The average molecular weight is 499 g/mol. The van der Waals surface area contributed by atoms with Gasteiger partial charge in [-0.2, -0.15) is 0 Å². The van der Waals surface area contributed by atoms with Crippen LogP contribution in [0.15, 0.2) is 58.5 Å². The molecule has 179 valence electrons. The second-order valence-corrected chi connectivity index (χ2v) is 7.13. The molecule has 0 aromatic heterocycles. The summed E-state index contributed by atoms with van der Waals surface area (Å²) >= 11 is 0. The summed E-state index contributed by atoms with van der Waals surface area (Å²) in [4.78, 5) is 27.0. The van der Waals surface area contributed by atoms with E-state index >= 15 is 0 Å². The maximum Gasteiger partial charge on any atom is 2.00 e. The van der Waals surface area contributed by atoms with Crippen LogP contribution in [0.25, 0.3) is 0 Å². The molecule has 1 aliphatic carbocycles. The molecular weight excluding hydrogens is 471 g/mol. The van der Waals surface area contributed by atoms with E-state index in [-0.39, 0.29) is 40.4 Å². The maximum absolute atomic E-state index is 9.79. The number of aliphatic carboxylic acids is 2. The first-order valence-electron chi connectivity index (χ1n) is 10.2. The molecule has 1 radical (unpaired) electrons. The van der Waals surface area contributed by atoms with Gasteiger partial charge in [0.25, 0.3) is 0 Å². The summed E-state index contributed by atoms with van der Waals surface area (Å²) in [6.45, 7) is 1.94. The molecule has 0 spiro atoms. The number of hydrogen-bond donors (Lipinski definition) is 2. The van der Waals surface area contributed by atoms with Gasteiger partial charge in [-0.3, -0.25) is 9.98 Å². The van der Waals surface area contributed by atoms with Crippen LogP contribution in [0.1, 0.15) is 50.7 Å². The van der Waals surface area contributed by atoms with Crippen molar-refractivity contribution in [1.82, 2.24) is 0 Å². The number of carbonyl (C=O) groups is 2. The number of aromatic hydroxyl groups is 2. The van der Waals surface area contributed by atoms with Crippen molar-refractivity contribution in [2.75, 3.05) is 0 Å². The van der Waals surface area contributed by atoms with Crippen LogP contribution in [0.2, 0.25) is 0 Å². The van der Waals surface area contributed by atoms with Crippen LogP contribution in [0.5, 0.6) is 11.5 Å². The zero-order valence-corrected chi connectivity index (χ0v) is 19.6. The molecule has 3 rings (SSSR count). The SMILES string of the molecule is CC(=O)[O-].CC(=O)[O-].Oc1ccccc1C=NC1CCCC(N=Cc2ccccc2O)C1.[Co+2]. The minimum absolute atomic E-state index is 0. The zero-order valence-electron chi connectivity index (χ0n) is 18.5. The van der Waals surface area contributed by atoms with Gasteiger partial charge in [0, 0.05) is 35.5 Å². The number of carboxylic acids is 2. The maximum atomic E-state index is 9.79. The zero-order chi connectivity index (χ0) is 23.9. The number of phenolic OH excluding ortho intramolecular Hbond substituents is 2. The number of benzene rings is 2. The molecule has 2 N–H and O–H groups in total. The third-order valence-electron chi connectivity index (χ3n) is 4.34. The molecule has 33 heavy (non-hydrogen) atoms. The van der Waals surface area contributed by atoms with E-state index in [1.807, 2.05) is 24.3 Å². The molecule has 2 aromatic rings. The van der Waals surface area contributed by atoms with Crippen LogP contribution < -0.4 is 10.2 Å². The van der Waals surface area contributed by atoms with Gasteiger partial charge in [-0.25, -0.2) is 0 Å². The molecular formula is C24H28CoN2O6. The van der Waals surface area contributed by atoms with E-state index in [0.29, 0.717) is 0 Å². The van der Waals surface area contributed by atoms with E-state index in [4.69, 9.17) is 19.8 Å². The fraction of sp³-hybridized carbons (Fsp3) is 0.333. The minimum Gasteiger partial charge on any atom is -0.550 e. The number of phenols is 2. The van der Waals surface area contributed by atoms with Gasteiger partial charge in [-0.1, -0.05) is 24.3 Å². The van der Waals surface area contributed by atoms with Crippen molar-refractivity contribution in [3.63, 3.8) is 0 Å². The predicted molar refractivity (Wildman–Crippen MR) is 119 cm³/mol. The number of para-hydroxylation sites is 2. The number of carbonyl (C=O) groups excluding carboxylic acids is 2. The van der Waals surface area contributed by atoms with Gasteiger partial charge in [0.05, 0.1) is 12.1 Å². The van der Waals surface area contributed by atoms with Crippen LogP contribution in [0, 0.1) is 0 Å². The Bertz CT molecular complexity index is 851. The smallest absolute Gasteiger partial charge is 0.550 e. The average Bonchev–Trinajstić information content (AvgIpc) is 2.72. The number of rotatable bonds is 4. The summed E-state index contributed by atoms with van der Waals surface area (Å²) in [6, 6.07) is 14.9. The molecule has 0 aliphatic heterocycles. The molecule has 0 bridgehead atoms. The fourth-order valence-electron chi connectivity index (χ4n) is 2.97. The van der Waals surface area contributed by atoms with Crippen LogP contribution >= 0.6 is 0 Å². The summed E-state index contributed by atoms with van der Waals surface area (Å²) in [5, 5.41) is 37.4. The normalized spacial score (nSPS) is 17.2. The van der Waals surface area contributed by atoms with Crippen LogP contribution in [-0.4, -0.2) is 46.7 Å². The van der Waals surface area contributed by atoms with Crippen molar-refractivity contribution in [3.05, 3.63) is 59.7 Å². The number of carboxylic acid groups (broad SMARTS) is 2. The summed E-state index contributed by atoms with van der Waals surface area (Å²) in [5.41, 5.74) is 1.50. The Morgan fingerprint density at radius 3 is 1.48 bits per heavy atom. The Kier molecular flexibility index (Phi) is 14.9. The number of hydrogen-bond acceptors (Lipinski definition) is 8. The molecule has 0 heterocycles. The van der Waals surface area contributed by atoms with Gasteiger partial charge in [-0.05, 0) is 63.8 Å². The Balaban J connectivity index is 0.000000991. The Morgan fingerprint density at radius 2 is 1.15 bits per heavy atom. The van der Waals surface area contributed by atoms with Crippen molar-refractivity contribution < 1.29 is 46.8 Å². The van der Waals surface area contributed by atoms with Crippen molar-refractivity contribution in [1.29, 1.82) is 0 Å². The van der Waals surface area contributed by atoms with E-state index in [9.17, 15) is 10.2 Å². The molecule has 1 fully saturated rings. The molecule has 2 aromatic carbocycles. The third kappa shape index (κ3) is 13.8. The summed E-state index contributed by atoms with van der Waals surface area (Å²) < 4.78 is 0. The molecule has 9 heteroatoms. The van der Waals surface area contributed by atoms with E-state index < -0.39 is 11.9 Å². The van der Waals surface area contributed by atoms with Crippen molar-refractivity contribution in [2.24, 2.45) is 9.98 Å². The predicted octanol–water partition coefficient (Wildman–Crippen LogP) is 1.46. The Morgan fingerprint density at radius 1 is 0.818 bits per heavy atom. The molecule has 1 saturated carbocycles. The Hall–Kier alpha value is -3.17. The van der Waals surface area contributed by atoms with Crippen molar-refractivity contribution in [2.45, 2.75) is 51.6 Å². The monoisotopic (exact) mass is 499 g/mol. The summed E-state index contributed by atoms with van der Waals surface area (Å²) in [5.74, 6) is -1.66. The fourth-order valence-corrected chi connectivity index (χ4v) is 2.97. The largest absolute Gasteiger partial charge is 2.00 e. The van der Waals surface area contributed by atoms with E-state index in [2.05, 4.69) is 9.98 Å². The third-order valence-corrected chi connectivity index (χ3v) is 4.34. The van der Waals surface area contributed by atoms with Gasteiger partial charge >= 0.3 is 16.8 Å². The first-order valence-corrected chi connectivity index (χ1v) is 10.2. The molecule has 0 amide bonds. The second kappa shape index (κ2) is 16.5. The molecule has 1 aliphatic rings. The molecule has 0 saturated heterocycles. The van der Waals surface area contributed by atoms with Gasteiger partial charge in [0.1, 0.15) is 11.5 Å². The van der Waals surface area contributed by atoms with Crippen molar-refractivity contribution in [3.8, 4) is 11.5 Å². The number of nitrogens with zero attached hydrogens (tertiary/aromatic N) is 2. The van der Waals surface area contributed by atoms with Crippen LogP contribution in [0.4, 0.5) is 0 Å². The quantitative estimate of drug-likeness (QED) is 0.609. The van der Waals surface area contributed by atoms with Gasteiger partial charge in [-0.15, -0.1) is 0 Å². The first-order chi connectivity index (χ1) is 15.2. The summed E-state index contributed by atoms with van der Waals surface area (Å²) in [6.07, 6.45) is 7.60.